The van der Waals surface area contributed by atoms with E-state index in [9.17, 15) is 13.2 Å². The number of hydrogen-bond acceptors (Lipinski definition) is 3. The molecule has 0 saturated carbocycles. The molecule has 0 atom stereocenters. The lowest BCUT2D eigenvalue weighted by atomic mass is 10.2. The Kier molecular flexibility index (Phi) is 4.36. The van der Waals surface area contributed by atoms with Crippen LogP contribution in [0.1, 0.15) is 13.8 Å². The van der Waals surface area contributed by atoms with Crippen LogP contribution in [0.4, 0.5) is 0 Å². The lowest BCUT2D eigenvalue weighted by Gasteiger charge is -2.36. The molecule has 0 radical (unpaired) electrons. The van der Waals surface area contributed by atoms with E-state index in [0.717, 1.165) is 0 Å². The van der Waals surface area contributed by atoms with Crippen molar-refractivity contribution in [2.24, 2.45) is 0 Å². The van der Waals surface area contributed by atoms with Crippen molar-refractivity contribution in [1.82, 2.24) is 9.21 Å². The molecule has 0 bridgehead atoms. The van der Waals surface area contributed by atoms with Crippen LogP contribution >= 0.6 is 11.6 Å². The molecule has 1 aromatic carbocycles. The molecule has 2 rings (SSSR count). The van der Waals surface area contributed by atoms with Crippen LogP contribution in [0.25, 0.3) is 0 Å². The summed E-state index contributed by atoms with van der Waals surface area (Å²) in [4.78, 5) is 13.7. The fourth-order valence-electron chi connectivity index (χ4n) is 2.21. The smallest absolute Gasteiger partial charge is 0.245 e. The van der Waals surface area contributed by atoms with Gasteiger partial charge in [0.15, 0.2) is 0 Å². The second-order valence-electron chi connectivity index (χ2n) is 4.95. The number of sulfonamides is 1. The van der Waals surface area contributed by atoms with E-state index in [0.29, 0.717) is 6.54 Å². The van der Waals surface area contributed by atoms with E-state index in [1.165, 1.54) is 16.4 Å². The fraction of sp³-hybridized carbons (Fsp3) is 0.462. The highest BCUT2D eigenvalue weighted by atomic mass is 35.5. The molecule has 1 aromatic rings. The number of halogens is 1. The van der Waals surface area contributed by atoms with Gasteiger partial charge in [0.25, 0.3) is 0 Å². The van der Waals surface area contributed by atoms with Crippen LogP contribution in [0, 0.1) is 0 Å². The number of rotatable bonds is 3. The molecule has 7 heteroatoms. The van der Waals surface area contributed by atoms with Crippen LogP contribution in [0.5, 0.6) is 0 Å². The summed E-state index contributed by atoms with van der Waals surface area (Å²) in [6.45, 7) is 4.38. The van der Waals surface area contributed by atoms with E-state index < -0.39 is 10.0 Å². The number of amides is 1. The fourth-order valence-corrected chi connectivity index (χ4v) is 4.08. The number of piperazine rings is 1. The third kappa shape index (κ3) is 2.82. The number of carbonyl (C=O) groups excluding carboxylic acids is 1. The van der Waals surface area contributed by atoms with E-state index in [1.54, 1.807) is 17.0 Å². The largest absolute Gasteiger partial charge is 0.338 e. The van der Waals surface area contributed by atoms with Crippen molar-refractivity contribution in [3.63, 3.8) is 0 Å². The number of benzene rings is 1. The van der Waals surface area contributed by atoms with Crippen LogP contribution in [0.2, 0.25) is 5.02 Å². The molecule has 1 heterocycles. The molecule has 1 fully saturated rings. The van der Waals surface area contributed by atoms with Crippen LogP contribution in [-0.4, -0.2) is 49.2 Å². The van der Waals surface area contributed by atoms with Gasteiger partial charge in [-0.1, -0.05) is 23.7 Å². The van der Waals surface area contributed by atoms with Crippen molar-refractivity contribution in [3.05, 3.63) is 29.3 Å². The van der Waals surface area contributed by atoms with Crippen molar-refractivity contribution < 1.29 is 13.2 Å². The van der Waals surface area contributed by atoms with Crippen molar-refractivity contribution in [3.8, 4) is 0 Å². The highest BCUT2D eigenvalue weighted by Gasteiger charge is 2.34. The van der Waals surface area contributed by atoms with Gasteiger partial charge in [0.1, 0.15) is 4.90 Å². The zero-order valence-corrected chi connectivity index (χ0v) is 13.0. The summed E-state index contributed by atoms with van der Waals surface area (Å²) in [7, 11) is -3.72. The van der Waals surface area contributed by atoms with E-state index >= 15 is 0 Å². The summed E-state index contributed by atoms with van der Waals surface area (Å²) >= 11 is 5.94. The van der Waals surface area contributed by atoms with Gasteiger partial charge >= 0.3 is 0 Å². The van der Waals surface area contributed by atoms with Gasteiger partial charge in [0.2, 0.25) is 15.9 Å². The van der Waals surface area contributed by atoms with Crippen LogP contribution in [0.3, 0.4) is 0 Å². The van der Waals surface area contributed by atoms with Crippen LogP contribution < -0.4 is 0 Å². The van der Waals surface area contributed by atoms with Crippen molar-refractivity contribution in [1.29, 1.82) is 0 Å². The Balaban J connectivity index is 2.25. The maximum absolute atomic E-state index is 12.5. The Bertz CT molecular complexity index is 616. The van der Waals surface area contributed by atoms with E-state index in [-0.39, 0.29) is 35.0 Å². The minimum absolute atomic E-state index is 0.0486. The molecule has 0 spiro atoms. The van der Waals surface area contributed by atoms with E-state index in [4.69, 9.17) is 11.6 Å². The summed E-state index contributed by atoms with van der Waals surface area (Å²) in [5.41, 5.74) is 0. The predicted octanol–water partition coefficient (Wildman–Crippen LogP) is 1.58. The average molecular weight is 317 g/mol. The first-order valence-corrected chi connectivity index (χ1v) is 8.20. The summed E-state index contributed by atoms with van der Waals surface area (Å²) < 4.78 is 26.2. The first-order chi connectivity index (χ1) is 9.34. The van der Waals surface area contributed by atoms with Crippen LogP contribution in [-0.2, 0) is 14.8 Å². The third-order valence-corrected chi connectivity index (χ3v) is 5.65. The normalized spacial score (nSPS) is 17.8. The maximum Gasteiger partial charge on any atom is 0.245 e. The van der Waals surface area contributed by atoms with Gasteiger partial charge in [-0.2, -0.15) is 4.31 Å². The molecule has 1 aliphatic heterocycles. The number of nitrogens with zero attached hydrogens (tertiary/aromatic N) is 2. The quantitative estimate of drug-likeness (QED) is 0.850. The third-order valence-electron chi connectivity index (χ3n) is 3.30. The minimum Gasteiger partial charge on any atom is -0.338 e. The van der Waals surface area contributed by atoms with Gasteiger partial charge < -0.3 is 4.90 Å². The standard InChI is InChI=1S/C13H17ClN2O3S/c1-10(2)16-8-7-15(9-13(16)17)20(18,19)12-6-4-3-5-11(12)14/h3-6,10H,7-9H2,1-2H3. The SMILES string of the molecule is CC(C)N1CCN(S(=O)(=O)c2ccccc2Cl)CC1=O. The van der Waals surface area contributed by atoms with E-state index in [1.807, 2.05) is 13.8 Å². The predicted molar refractivity (Wildman–Crippen MR) is 77.1 cm³/mol. The average Bonchev–Trinajstić information content (AvgIpc) is 2.38. The molecule has 0 N–H and O–H groups in total. The molecule has 0 aliphatic carbocycles. The minimum atomic E-state index is -3.72. The van der Waals surface area contributed by atoms with Crippen molar-refractivity contribution in [2.45, 2.75) is 24.8 Å². The Morgan fingerprint density at radius 3 is 2.40 bits per heavy atom. The lowest BCUT2D eigenvalue weighted by Crippen LogP contribution is -2.54. The molecule has 5 nitrogen and oxygen atoms in total. The van der Waals surface area contributed by atoms with Gasteiger partial charge in [0.05, 0.1) is 11.6 Å². The second kappa shape index (κ2) is 5.71. The Labute approximate surface area is 124 Å². The monoisotopic (exact) mass is 316 g/mol. The molecular formula is C13H17ClN2O3S. The number of hydrogen-bond donors (Lipinski definition) is 0. The molecular weight excluding hydrogens is 300 g/mol. The highest BCUT2D eigenvalue weighted by molar-refractivity contribution is 7.89. The molecule has 110 valence electrons. The zero-order valence-electron chi connectivity index (χ0n) is 11.4. The van der Waals surface area contributed by atoms with E-state index in [2.05, 4.69) is 0 Å². The van der Waals surface area contributed by atoms with Gasteiger partial charge in [-0.05, 0) is 26.0 Å². The molecule has 0 aromatic heterocycles. The molecule has 1 amide bonds. The van der Waals surface area contributed by atoms with Gasteiger partial charge in [0, 0.05) is 19.1 Å². The summed E-state index contributed by atoms with van der Waals surface area (Å²) in [5, 5.41) is 0.172. The topological polar surface area (TPSA) is 57.7 Å². The van der Waals surface area contributed by atoms with Crippen molar-refractivity contribution in [2.75, 3.05) is 19.6 Å². The molecule has 1 saturated heterocycles. The lowest BCUT2D eigenvalue weighted by molar-refractivity contribution is -0.135. The van der Waals surface area contributed by atoms with Gasteiger partial charge in [-0.3, -0.25) is 4.79 Å². The van der Waals surface area contributed by atoms with Crippen molar-refractivity contribution >= 4 is 27.5 Å². The first-order valence-electron chi connectivity index (χ1n) is 6.38. The Morgan fingerprint density at radius 1 is 1.20 bits per heavy atom. The van der Waals surface area contributed by atoms with Gasteiger partial charge in [-0.25, -0.2) is 8.42 Å². The molecule has 1 aliphatic rings. The Hall–Kier alpha value is -1.11. The zero-order chi connectivity index (χ0) is 14.9. The van der Waals surface area contributed by atoms with Gasteiger partial charge in [-0.15, -0.1) is 0 Å². The maximum atomic E-state index is 12.5. The second-order valence-corrected chi connectivity index (χ2v) is 7.26. The highest BCUT2D eigenvalue weighted by Crippen LogP contribution is 2.25. The summed E-state index contributed by atoms with van der Waals surface area (Å²) in [6, 6.07) is 6.35. The number of carbonyl (C=O) groups is 1. The van der Waals surface area contributed by atoms with Crippen LogP contribution in [0.15, 0.2) is 29.2 Å². The molecule has 20 heavy (non-hydrogen) atoms. The Morgan fingerprint density at radius 2 is 1.85 bits per heavy atom. The first kappa shape index (κ1) is 15.3. The summed E-state index contributed by atoms with van der Waals surface area (Å²) in [5.74, 6) is -0.179. The molecule has 0 unspecified atom stereocenters. The summed E-state index contributed by atoms with van der Waals surface area (Å²) in [6.07, 6.45) is 0.